The highest BCUT2D eigenvalue weighted by molar-refractivity contribution is 8.03. The summed E-state index contributed by atoms with van der Waals surface area (Å²) in [5, 5.41) is 7.96. The number of rotatable bonds is 6. The van der Waals surface area contributed by atoms with Crippen LogP contribution >= 0.6 is 34.9 Å². The molecule has 0 unspecified atom stereocenters. The highest BCUT2D eigenvalue weighted by Crippen LogP contribution is 2.28. The molecule has 2 rings (SSSR count). The molecule has 1 fully saturated rings. The number of carbonyl (C=O) groups excluding carboxylic acids is 2. The van der Waals surface area contributed by atoms with E-state index in [1.807, 2.05) is 18.7 Å². The van der Waals surface area contributed by atoms with Gasteiger partial charge in [-0.3, -0.25) is 9.59 Å². The first-order valence-electron chi connectivity index (χ1n) is 6.74. The molecule has 1 aromatic heterocycles. The fourth-order valence-corrected chi connectivity index (χ4v) is 4.70. The molecule has 0 saturated carbocycles. The van der Waals surface area contributed by atoms with E-state index in [9.17, 15) is 9.59 Å². The van der Waals surface area contributed by atoms with E-state index in [0.717, 1.165) is 4.34 Å². The summed E-state index contributed by atoms with van der Waals surface area (Å²) in [6, 6.07) is 0. The van der Waals surface area contributed by atoms with Gasteiger partial charge in [0, 0.05) is 13.1 Å². The van der Waals surface area contributed by atoms with Gasteiger partial charge in [0.2, 0.25) is 11.8 Å². The van der Waals surface area contributed by atoms with Crippen LogP contribution in [-0.2, 0) is 14.3 Å². The maximum atomic E-state index is 12.2. The lowest BCUT2D eigenvalue weighted by Crippen LogP contribution is -2.48. The van der Waals surface area contributed by atoms with Crippen LogP contribution in [0.4, 0.5) is 0 Å². The van der Waals surface area contributed by atoms with E-state index in [1.165, 1.54) is 34.9 Å². The molecule has 1 aromatic rings. The number of ether oxygens (including phenoxy) is 1. The number of thioether (sulfide) groups is 2. The van der Waals surface area contributed by atoms with E-state index in [0.29, 0.717) is 23.2 Å². The van der Waals surface area contributed by atoms with Gasteiger partial charge in [-0.15, -0.1) is 10.2 Å². The SMILES string of the molecule is C[C@@H]1CN(C(=O)CSc2nnc(SCC(N)=O)s2)C[C@@H](C)O1. The molecule has 1 aliphatic heterocycles. The fourth-order valence-electron chi connectivity index (χ4n) is 2.04. The van der Waals surface area contributed by atoms with Gasteiger partial charge in [-0.25, -0.2) is 0 Å². The van der Waals surface area contributed by atoms with Crippen LogP contribution < -0.4 is 5.73 Å². The fraction of sp³-hybridized carbons (Fsp3) is 0.667. The Balaban J connectivity index is 1.79. The maximum absolute atomic E-state index is 12.2. The Morgan fingerprint density at radius 1 is 1.23 bits per heavy atom. The zero-order chi connectivity index (χ0) is 16.1. The lowest BCUT2D eigenvalue weighted by molar-refractivity contribution is -0.140. The molecule has 22 heavy (non-hydrogen) atoms. The number of aromatic nitrogens is 2. The summed E-state index contributed by atoms with van der Waals surface area (Å²) in [4.78, 5) is 24.8. The van der Waals surface area contributed by atoms with E-state index in [2.05, 4.69) is 10.2 Å². The number of primary amides is 1. The number of nitrogens with zero attached hydrogens (tertiary/aromatic N) is 3. The van der Waals surface area contributed by atoms with Crippen molar-refractivity contribution < 1.29 is 14.3 Å². The van der Waals surface area contributed by atoms with Gasteiger partial charge in [-0.05, 0) is 13.8 Å². The molecule has 0 aromatic carbocycles. The molecule has 10 heteroatoms. The lowest BCUT2D eigenvalue weighted by atomic mass is 10.2. The second-order valence-electron chi connectivity index (χ2n) is 4.93. The normalized spacial score (nSPS) is 21.8. The van der Waals surface area contributed by atoms with Crippen LogP contribution in [0.15, 0.2) is 8.68 Å². The average molecular weight is 363 g/mol. The number of hydrogen-bond acceptors (Lipinski definition) is 8. The molecule has 0 bridgehead atoms. The number of nitrogens with two attached hydrogens (primary N) is 1. The summed E-state index contributed by atoms with van der Waals surface area (Å²) < 4.78 is 7.02. The molecule has 2 heterocycles. The second kappa shape index (κ2) is 8.14. The predicted octanol–water partition coefficient (Wildman–Crippen LogP) is 0.843. The Labute approximate surface area is 141 Å². The van der Waals surface area contributed by atoms with E-state index in [1.54, 1.807) is 0 Å². The molecular weight excluding hydrogens is 344 g/mol. The van der Waals surface area contributed by atoms with Gasteiger partial charge < -0.3 is 15.4 Å². The Morgan fingerprint density at radius 3 is 2.32 bits per heavy atom. The van der Waals surface area contributed by atoms with Crippen molar-refractivity contribution in [3.63, 3.8) is 0 Å². The minimum Gasteiger partial charge on any atom is -0.372 e. The minimum atomic E-state index is -0.389. The Morgan fingerprint density at radius 2 is 1.77 bits per heavy atom. The van der Waals surface area contributed by atoms with Gasteiger partial charge in [0.15, 0.2) is 8.68 Å². The maximum Gasteiger partial charge on any atom is 0.233 e. The average Bonchev–Trinajstić information content (AvgIpc) is 2.89. The molecule has 0 radical (unpaired) electrons. The molecule has 1 aliphatic rings. The summed E-state index contributed by atoms with van der Waals surface area (Å²) in [6.45, 7) is 5.19. The van der Waals surface area contributed by atoms with Crippen LogP contribution in [0.1, 0.15) is 13.8 Å². The summed E-state index contributed by atoms with van der Waals surface area (Å²) in [7, 11) is 0. The third-order valence-electron chi connectivity index (χ3n) is 2.82. The third-order valence-corrected chi connectivity index (χ3v) is 6.01. The van der Waals surface area contributed by atoms with Gasteiger partial charge in [-0.1, -0.05) is 34.9 Å². The molecular formula is C12H18N4O3S3. The molecule has 2 amide bonds. The molecule has 2 N–H and O–H groups in total. The summed E-state index contributed by atoms with van der Waals surface area (Å²) >= 11 is 3.99. The first kappa shape index (κ1) is 17.5. The standard InChI is InChI=1S/C12H18N4O3S3/c1-7-3-16(4-8(2)19-7)10(18)6-21-12-15-14-11(22-12)20-5-9(13)17/h7-8H,3-6H2,1-2H3,(H2,13,17)/t7-,8-/m1/s1. The van der Waals surface area contributed by atoms with Crippen molar-refractivity contribution in [1.29, 1.82) is 0 Å². The number of amides is 2. The molecule has 122 valence electrons. The quantitative estimate of drug-likeness (QED) is 0.749. The van der Waals surface area contributed by atoms with Crippen LogP contribution in [0.5, 0.6) is 0 Å². The Bertz CT molecular complexity index is 529. The molecule has 1 saturated heterocycles. The predicted molar refractivity (Wildman–Crippen MR) is 87.1 cm³/mol. The van der Waals surface area contributed by atoms with Crippen molar-refractivity contribution >= 4 is 46.7 Å². The van der Waals surface area contributed by atoms with E-state index >= 15 is 0 Å². The number of hydrogen-bond donors (Lipinski definition) is 1. The smallest absolute Gasteiger partial charge is 0.233 e. The van der Waals surface area contributed by atoms with Crippen LogP contribution in [0.3, 0.4) is 0 Å². The first-order valence-corrected chi connectivity index (χ1v) is 9.53. The van der Waals surface area contributed by atoms with Crippen LogP contribution in [-0.4, -0.2) is 63.7 Å². The van der Waals surface area contributed by atoms with Crippen molar-refractivity contribution in [2.45, 2.75) is 34.7 Å². The zero-order valence-corrected chi connectivity index (χ0v) is 14.8. The van der Waals surface area contributed by atoms with Crippen molar-refractivity contribution in [1.82, 2.24) is 15.1 Å². The zero-order valence-electron chi connectivity index (χ0n) is 12.4. The van der Waals surface area contributed by atoms with Crippen molar-refractivity contribution in [3.8, 4) is 0 Å². The molecule has 0 aliphatic carbocycles. The largest absolute Gasteiger partial charge is 0.372 e. The van der Waals surface area contributed by atoms with Gasteiger partial charge in [0.1, 0.15) is 0 Å². The minimum absolute atomic E-state index is 0.0658. The summed E-state index contributed by atoms with van der Waals surface area (Å²) in [6.07, 6.45) is 0.132. The Hall–Kier alpha value is -0.840. The first-order chi connectivity index (χ1) is 10.4. The Kier molecular flexibility index (Phi) is 6.48. The molecule has 0 spiro atoms. The number of carbonyl (C=O) groups is 2. The highest BCUT2D eigenvalue weighted by atomic mass is 32.2. The summed E-state index contributed by atoms with van der Waals surface area (Å²) in [5.74, 6) is 0.199. The second-order valence-corrected chi connectivity index (χ2v) is 8.36. The van der Waals surface area contributed by atoms with Gasteiger partial charge >= 0.3 is 0 Å². The van der Waals surface area contributed by atoms with Crippen molar-refractivity contribution in [2.24, 2.45) is 5.73 Å². The third kappa shape index (κ3) is 5.41. The monoisotopic (exact) mass is 362 g/mol. The van der Waals surface area contributed by atoms with E-state index in [-0.39, 0.29) is 29.8 Å². The van der Waals surface area contributed by atoms with E-state index in [4.69, 9.17) is 10.5 Å². The van der Waals surface area contributed by atoms with Gasteiger partial charge in [-0.2, -0.15) is 0 Å². The van der Waals surface area contributed by atoms with Crippen LogP contribution in [0.25, 0.3) is 0 Å². The van der Waals surface area contributed by atoms with E-state index < -0.39 is 0 Å². The highest BCUT2D eigenvalue weighted by Gasteiger charge is 2.25. The van der Waals surface area contributed by atoms with Gasteiger partial charge in [0.25, 0.3) is 0 Å². The molecule has 2 atom stereocenters. The van der Waals surface area contributed by atoms with Crippen molar-refractivity contribution in [3.05, 3.63) is 0 Å². The van der Waals surface area contributed by atoms with Crippen LogP contribution in [0.2, 0.25) is 0 Å². The number of morpholine rings is 1. The topological polar surface area (TPSA) is 98.4 Å². The lowest BCUT2D eigenvalue weighted by Gasteiger charge is -2.35. The molecule has 7 nitrogen and oxygen atoms in total. The van der Waals surface area contributed by atoms with Crippen molar-refractivity contribution in [2.75, 3.05) is 24.6 Å². The summed E-state index contributed by atoms with van der Waals surface area (Å²) in [5.41, 5.74) is 5.08. The van der Waals surface area contributed by atoms with Gasteiger partial charge in [0.05, 0.1) is 23.7 Å². The van der Waals surface area contributed by atoms with Crippen LogP contribution in [0, 0.1) is 0 Å².